The van der Waals surface area contributed by atoms with Crippen LogP contribution in [0.15, 0.2) is 30.3 Å². The van der Waals surface area contributed by atoms with Crippen LogP contribution in [-0.4, -0.2) is 11.7 Å². The summed E-state index contributed by atoms with van der Waals surface area (Å²) in [6.45, 7) is 0. The molecule has 0 bridgehead atoms. The number of anilines is 1. The molecule has 0 saturated carbocycles. The molecule has 0 spiro atoms. The number of carbonyl (C=O) groups excluding carboxylic acids is 2. The maximum absolute atomic E-state index is 12.2. The summed E-state index contributed by atoms with van der Waals surface area (Å²) < 4.78 is 0.591. The molecule has 0 fully saturated rings. The predicted molar refractivity (Wildman–Crippen MR) is 94.6 cm³/mol. The molecular weight excluding hydrogens is 330 g/mol. The van der Waals surface area contributed by atoms with E-state index in [1.165, 1.54) is 28.9 Å². The van der Waals surface area contributed by atoms with Crippen LogP contribution in [-0.2, 0) is 17.6 Å². The summed E-state index contributed by atoms with van der Waals surface area (Å²) in [6, 6.07) is 9.48. The molecule has 3 nitrogen and oxygen atoms in total. The Bertz CT molecular complexity index is 738. The number of aryl methyl sites for hydroxylation is 1. The predicted octanol–water partition coefficient (Wildman–Crippen LogP) is 4.88. The molecular formula is C18H18ClNO2S. The number of rotatable bonds is 5. The van der Waals surface area contributed by atoms with Gasteiger partial charge >= 0.3 is 0 Å². The van der Waals surface area contributed by atoms with Crippen molar-refractivity contribution >= 4 is 40.3 Å². The van der Waals surface area contributed by atoms with E-state index in [-0.39, 0.29) is 24.5 Å². The molecule has 1 amide bonds. The van der Waals surface area contributed by atoms with Crippen molar-refractivity contribution in [1.29, 1.82) is 0 Å². The summed E-state index contributed by atoms with van der Waals surface area (Å²) in [7, 11) is 0. The molecule has 1 aliphatic carbocycles. The molecule has 2 aromatic rings. The highest BCUT2D eigenvalue weighted by atomic mass is 35.5. The smallest absolute Gasteiger partial charge is 0.224 e. The van der Waals surface area contributed by atoms with Crippen molar-refractivity contribution in [3.8, 4) is 0 Å². The number of hydrogen-bond donors (Lipinski definition) is 1. The lowest BCUT2D eigenvalue weighted by Crippen LogP contribution is -2.16. The Morgan fingerprint density at radius 2 is 1.91 bits per heavy atom. The molecule has 0 unspecified atom stereocenters. The third-order valence-electron chi connectivity index (χ3n) is 4.10. The number of Topliss-reactive ketones (excluding diaryl/α,β-unsaturated/α-hetero) is 1. The van der Waals surface area contributed by atoms with E-state index in [0.717, 1.165) is 24.9 Å². The number of carbonyl (C=O) groups is 2. The number of halogens is 1. The summed E-state index contributed by atoms with van der Waals surface area (Å²) in [6.07, 6.45) is 4.87. The second-order valence-corrected chi connectivity index (χ2v) is 7.44. The zero-order valence-electron chi connectivity index (χ0n) is 12.7. The van der Waals surface area contributed by atoms with Gasteiger partial charge in [0, 0.05) is 18.5 Å². The summed E-state index contributed by atoms with van der Waals surface area (Å²) in [5.41, 5.74) is 3.49. The van der Waals surface area contributed by atoms with E-state index in [4.69, 9.17) is 11.6 Å². The average Bonchev–Trinajstić information content (AvgIpc) is 2.99. The lowest BCUT2D eigenvalue weighted by atomic mass is 9.90. The van der Waals surface area contributed by atoms with Crippen molar-refractivity contribution in [3.05, 3.63) is 50.7 Å². The number of amides is 1. The van der Waals surface area contributed by atoms with E-state index in [1.54, 1.807) is 12.1 Å². The fourth-order valence-electron chi connectivity index (χ4n) is 2.93. The highest BCUT2D eigenvalue weighted by molar-refractivity contribution is 7.18. The van der Waals surface area contributed by atoms with E-state index in [9.17, 15) is 9.59 Å². The van der Waals surface area contributed by atoms with Crippen LogP contribution >= 0.6 is 22.9 Å². The minimum Gasteiger partial charge on any atom is -0.326 e. The first-order valence-electron chi connectivity index (χ1n) is 7.82. The molecule has 1 aromatic carbocycles. The number of hydrogen-bond acceptors (Lipinski definition) is 3. The van der Waals surface area contributed by atoms with Gasteiger partial charge in [0.15, 0.2) is 5.78 Å². The van der Waals surface area contributed by atoms with Crippen molar-refractivity contribution < 1.29 is 9.59 Å². The van der Waals surface area contributed by atoms with Gasteiger partial charge in [-0.05, 0) is 55.0 Å². The highest BCUT2D eigenvalue weighted by Crippen LogP contribution is 2.28. The van der Waals surface area contributed by atoms with Crippen molar-refractivity contribution in [2.24, 2.45) is 0 Å². The molecule has 23 heavy (non-hydrogen) atoms. The first kappa shape index (κ1) is 16.2. The van der Waals surface area contributed by atoms with E-state index in [2.05, 4.69) is 11.4 Å². The van der Waals surface area contributed by atoms with Crippen LogP contribution in [0.5, 0.6) is 0 Å². The van der Waals surface area contributed by atoms with Gasteiger partial charge in [-0.15, -0.1) is 11.3 Å². The van der Waals surface area contributed by atoms with E-state index in [1.807, 2.05) is 12.1 Å². The zero-order chi connectivity index (χ0) is 16.2. The third kappa shape index (κ3) is 4.01. The highest BCUT2D eigenvalue weighted by Gasteiger charge is 2.16. The van der Waals surface area contributed by atoms with Gasteiger partial charge in [0.05, 0.1) is 9.21 Å². The lowest BCUT2D eigenvalue weighted by Gasteiger charge is -2.19. The second kappa shape index (κ2) is 7.28. The molecule has 1 heterocycles. The number of benzene rings is 1. The van der Waals surface area contributed by atoms with E-state index >= 15 is 0 Å². The molecule has 1 N–H and O–H groups in total. The van der Waals surface area contributed by atoms with Crippen LogP contribution < -0.4 is 5.32 Å². The molecule has 1 aliphatic rings. The van der Waals surface area contributed by atoms with Crippen LogP contribution in [0.1, 0.15) is 46.5 Å². The topological polar surface area (TPSA) is 46.2 Å². The van der Waals surface area contributed by atoms with Crippen LogP contribution in [0.2, 0.25) is 4.34 Å². The number of nitrogens with one attached hydrogen (secondary N) is 1. The van der Waals surface area contributed by atoms with Gasteiger partial charge in [0.1, 0.15) is 0 Å². The standard InChI is InChI=1S/C18H18ClNO2S/c19-17-10-9-16(23-17)15(21)8-11-18(22)20-14-7-3-5-12-4-1-2-6-13(12)14/h3,5,7,9-10H,1-2,4,6,8,11H2,(H,20,22). The van der Waals surface area contributed by atoms with Crippen LogP contribution in [0.3, 0.4) is 0 Å². The molecule has 0 aliphatic heterocycles. The number of thiophene rings is 1. The van der Waals surface area contributed by atoms with Crippen LogP contribution in [0.25, 0.3) is 0 Å². The molecule has 120 valence electrons. The SMILES string of the molecule is O=C(CCC(=O)c1ccc(Cl)s1)Nc1cccc2c1CCCC2. The average molecular weight is 348 g/mol. The van der Waals surface area contributed by atoms with Crippen LogP contribution in [0, 0.1) is 0 Å². The Balaban J connectivity index is 1.59. The fraction of sp³-hybridized carbons (Fsp3) is 0.333. The Morgan fingerprint density at radius 1 is 1.09 bits per heavy atom. The first-order valence-corrected chi connectivity index (χ1v) is 9.02. The van der Waals surface area contributed by atoms with Gasteiger partial charge < -0.3 is 5.32 Å². The largest absolute Gasteiger partial charge is 0.326 e. The van der Waals surface area contributed by atoms with Crippen LogP contribution in [0.4, 0.5) is 5.69 Å². The molecule has 0 saturated heterocycles. The number of fused-ring (bicyclic) bond motifs is 1. The van der Waals surface area contributed by atoms with Crippen molar-refractivity contribution in [1.82, 2.24) is 0 Å². The molecule has 1 aromatic heterocycles. The van der Waals surface area contributed by atoms with Gasteiger partial charge in [0.25, 0.3) is 0 Å². The summed E-state index contributed by atoms with van der Waals surface area (Å²) in [4.78, 5) is 24.8. The summed E-state index contributed by atoms with van der Waals surface area (Å²) in [5.74, 6) is -0.146. The van der Waals surface area contributed by atoms with E-state index < -0.39 is 0 Å². The van der Waals surface area contributed by atoms with Gasteiger partial charge in [-0.2, -0.15) is 0 Å². The maximum Gasteiger partial charge on any atom is 0.224 e. The van der Waals surface area contributed by atoms with Crippen molar-refractivity contribution in [2.75, 3.05) is 5.32 Å². The zero-order valence-corrected chi connectivity index (χ0v) is 14.3. The normalized spacial score (nSPS) is 13.4. The Labute approximate surface area is 144 Å². The minimum atomic E-state index is -0.111. The molecule has 5 heteroatoms. The Kier molecular flexibility index (Phi) is 5.13. The van der Waals surface area contributed by atoms with Crippen molar-refractivity contribution in [2.45, 2.75) is 38.5 Å². The Morgan fingerprint density at radius 3 is 2.70 bits per heavy atom. The third-order valence-corrected chi connectivity index (χ3v) is 5.37. The first-order chi connectivity index (χ1) is 11.1. The van der Waals surface area contributed by atoms with Gasteiger partial charge in [-0.1, -0.05) is 23.7 Å². The molecule has 0 radical (unpaired) electrons. The van der Waals surface area contributed by atoms with Gasteiger partial charge in [-0.25, -0.2) is 0 Å². The molecule has 3 rings (SSSR count). The monoisotopic (exact) mass is 347 g/mol. The lowest BCUT2D eigenvalue weighted by molar-refractivity contribution is -0.116. The van der Waals surface area contributed by atoms with Gasteiger partial charge in [0.2, 0.25) is 5.91 Å². The fourth-order valence-corrected chi connectivity index (χ4v) is 3.94. The summed E-state index contributed by atoms with van der Waals surface area (Å²) >= 11 is 7.08. The number of ketones is 1. The maximum atomic E-state index is 12.2. The summed E-state index contributed by atoms with van der Waals surface area (Å²) in [5, 5.41) is 2.97. The molecule has 0 atom stereocenters. The van der Waals surface area contributed by atoms with Crippen molar-refractivity contribution in [3.63, 3.8) is 0 Å². The van der Waals surface area contributed by atoms with Gasteiger partial charge in [-0.3, -0.25) is 9.59 Å². The minimum absolute atomic E-state index is 0.0351. The second-order valence-electron chi connectivity index (χ2n) is 5.73. The van der Waals surface area contributed by atoms with E-state index in [0.29, 0.717) is 9.21 Å². The Hall–Kier alpha value is -1.65. The quantitative estimate of drug-likeness (QED) is 0.783.